The number of alkyl halides is 3. The van der Waals surface area contributed by atoms with E-state index in [0.29, 0.717) is 18.2 Å². The molecule has 0 spiro atoms. The summed E-state index contributed by atoms with van der Waals surface area (Å²) in [5.41, 5.74) is -2.36. The number of ether oxygens (including phenoxy) is 2. The number of anilines is 2. The Bertz CT molecular complexity index is 1540. The van der Waals surface area contributed by atoms with Crippen LogP contribution in [0.4, 0.5) is 33.5 Å². The van der Waals surface area contributed by atoms with Gasteiger partial charge in [-0.3, -0.25) is 9.52 Å². The molecule has 16 heteroatoms. The lowest BCUT2D eigenvalue weighted by Crippen LogP contribution is -2.62. The maximum atomic E-state index is 15.4. The topological polar surface area (TPSA) is 114 Å². The molecule has 0 unspecified atom stereocenters. The normalized spacial score (nSPS) is 20.4. The second-order valence-electron chi connectivity index (χ2n) is 9.02. The summed E-state index contributed by atoms with van der Waals surface area (Å²) in [5, 5.41) is 3.51. The van der Waals surface area contributed by atoms with Crippen molar-refractivity contribution < 1.29 is 50.6 Å². The fourth-order valence-electron chi connectivity index (χ4n) is 4.77. The van der Waals surface area contributed by atoms with Gasteiger partial charge in [0.2, 0.25) is 0 Å². The monoisotopic (exact) mass is 590 g/mol. The second kappa shape index (κ2) is 10.3. The van der Waals surface area contributed by atoms with Crippen LogP contribution in [0.1, 0.15) is 13.4 Å². The first-order valence-electron chi connectivity index (χ1n) is 11.8. The van der Waals surface area contributed by atoms with Crippen molar-refractivity contribution >= 4 is 27.6 Å². The molecule has 0 aliphatic carbocycles. The van der Waals surface area contributed by atoms with Crippen molar-refractivity contribution in [3.05, 3.63) is 59.9 Å². The molecule has 2 atom stereocenters. The molecule has 5 rings (SSSR count). The Morgan fingerprint density at radius 1 is 1.12 bits per heavy atom. The van der Waals surface area contributed by atoms with E-state index in [0.717, 1.165) is 16.4 Å². The van der Waals surface area contributed by atoms with Gasteiger partial charge in [-0.25, -0.2) is 8.78 Å². The third-order valence-electron chi connectivity index (χ3n) is 6.63. The SMILES string of the molecule is COc1cc(-c2cc(C(F)(F)F)ccc2F)c(F)cc1N1C(=O)CO[C@@H]2CN(S(=O)(=O)Nc3ccon3)CC[C@H]21.[HH]. The van der Waals surface area contributed by atoms with Crippen molar-refractivity contribution in [1.29, 1.82) is 0 Å². The van der Waals surface area contributed by atoms with Gasteiger partial charge >= 0.3 is 16.4 Å². The number of carbonyl (C=O) groups is 1. The number of fused-ring (bicyclic) bond motifs is 1. The molecule has 3 aromatic rings. The Balaban J connectivity index is 0.00000387. The molecule has 2 fully saturated rings. The Labute approximate surface area is 225 Å². The highest BCUT2D eigenvalue weighted by Gasteiger charge is 2.45. The fourth-order valence-corrected chi connectivity index (χ4v) is 5.96. The number of piperidine rings is 1. The van der Waals surface area contributed by atoms with Gasteiger partial charge < -0.3 is 18.9 Å². The second-order valence-corrected chi connectivity index (χ2v) is 10.7. The number of hydrogen-bond donors (Lipinski definition) is 1. The molecule has 1 aromatic heterocycles. The molecule has 2 saturated heterocycles. The maximum Gasteiger partial charge on any atom is 0.416 e. The molecule has 40 heavy (non-hydrogen) atoms. The first-order chi connectivity index (χ1) is 18.9. The molecule has 10 nitrogen and oxygen atoms in total. The van der Waals surface area contributed by atoms with Crippen molar-refractivity contribution in [2.45, 2.75) is 24.7 Å². The van der Waals surface area contributed by atoms with Crippen molar-refractivity contribution in [1.82, 2.24) is 9.46 Å². The van der Waals surface area contributed by atoms with Gasteiger partial charge in [-0.1, -0.05) is 5.16 Å². The molecule has 3 heterocycles. The standard InChI is InChI=1S/C24H21F5N4O6S.H2/c1-37-20-9-15(14-8-13(24(27,28)29)2-3-16(14)25)17(26)10-19(20)33-18-4-6-32(11-21(18)38-12-23(33)34)40(35,36)31-22-5-7-39-30-22;/h2-3,5,7-10,18,21H,4,6,11-12H2,1H3,(H,30,31);1H/t18-,21-;/m1./s1. The number of carbonyl (C=O) groups excluding carboxylic acids is 1. The van der Waals surface area contributed by atoms with E-state index >= 15 is 4.39 Å². The predicted molar refractivity (Wildman–Crippen MR) is 132 cm³/mol. The molecule has 2 aliphatic heterocycles. The maximum absolute atomic E-state index is 15.4. The van der Waals surface area contributed by atoms with Crippen LogP contribution in [0.25, 0.3) is 11.1 Å². The largest absolute Gasteiger partial charge is 0.495 e. The number of morpholine rings is 1. The zero-order valence-electron chi connectivity index (χ0n) is 20.6. The number of hydrogen-bond acceptors (Lipinski definition) is 7. The minimum atomic E-state index is -4.79. The quantitative estimate of drug-likeness (QED) is 0.431. The summed E-state index contributed by atoms with van der Waals surface area (Å²) < 4.78 is 114. The Kier molecular flexibility index (Phi) is 7.18. The van der Waals surface area contributed by atoms with Crippen LogP contribution in [0.2, 0.25) is 0 Å². The average molecular weight is 591 g/mol. The molecule has 1 N–H and O–H groups in total. The molecule has 0 radical (unpaired) electrons. The van der Waals surface area contributed by atoms with Crippen molar-refractivity contribution in [3.63, 3.8) is 0 Å². The lowest BCUT2D eigenvalue weighted by Gasteiger charge is -2.46. The van der Waals surface area contributed by atoms with Gasteiger partial charge in [-0.15, -0.1) is 0 Å². The van der Waals surface area contributed by atoms with E-state index in [1.807, 2.05) is 0 Å². The molecule has 2 aliphatic rings. The van der Waals surface area contributed by atoms with Gasteiger partial charge in [0.1, 0.15) is 30.3 Å². The summed E-state index contributed by atoms with van der Waals surface area (Å²) in [6.07, 6.45) is -4.32. The molecule has 0 saturated carbocycles. The van der Waals surface area contributed by atoms with Gasteiger partial charge in [-0.2, -0.15) is 25.9 Å². The Morgan fingerprint density at radius 3 is 2.55 bits per heavy atom. The van der Waals surface area contributed by atoms with Gasteiger partial charge in [0.05, 0.1) is 30.5 Å². The molecular weight excluding hydrogens is 567 g/mol. The lowest BCUT2D eigenvalue weighted by molar-refractivity contribution is -0.137. The van der Waals surface area contributed by atoms with Crippen LogP contribution >= 0.6 is 0 Å². The van der Waals surface area contributed by atoms with Crippen molar-refractivity contribution in [3.8, 4) is 16.9 Å². The fraction of sp³-hybridized carbons (Fsp3) is 0.333. The first kappa shape index (κ1) is 27.8. The van der Waals surface area contributed by atoms with E-state index in [4.69, 9.17) is 9.47 Å². The van der Waals surface area contributed by atoms with Gasteiger partial charge in [0.25, 0.3) is 5.91 Å². The van der Waals surface area contributed by atoms with E-state index in [1.165, 1.54) is 24.3 Å². The number of nitrogens with one attached hydrogen (secondary N) is 1. The minimum Gasteiger partial charge on any atom is -0.495 e. The van der Waals surface area contributed by atoms with Gasteiger partial charge in [0.15, 0.2) is 5.82 Å². The van der Waals surface area contributed by atoms with E-state index in [-0.39, 0.29) is 38.2 Å². The highest BCUT2D eigenvalue weighted by Crippen LogP contribution is 2.41. The van der Waals surface area contributed by atoms with Crippen LogP contribution in [0.15, 0.2) is 47.2 Å². The number of benzene rings is 2. The summed E-state index contributed by atoms with van der Waals surface area (Å²) in [7, 11) is -2.84. The summed E-state index contributed by atoms with van der Waals surface area (Å²) in [5.74, 6) is -2.89. The van der Waals surface area contributed by atoms with Crippen LogP contribution in [-0.2, 0) is 25.9 Å². The van der Waals surface area contributed by atoms with E-state index < -0.39 is 69.4 Å². The number of amides is 1. The number of methoxy groups -OCH3 is 1. The molecule has 216 valence electrons. The summed E-state index contributed by atoms with van der Waals surface area (Å²) in [6, 6.07) is 4.11. The molecule has 0 bridgehead atoms. The third kappa shape index (κ3) is 5.21. The Morgan fingerprint density at radius 2 is 1.88 bits per heavy atom. The highest BCUT2D eigenvalue weighted by atomic mass is 32.2. The number of aromatic nitrogens is 1. The van der Waals surface area contributed by atoms with E-state index in [1.54, 1.807) is 0 Å². The predicted octanol–water partition coefficient (Wildman–Crippen LogP) is 4.06. The molecule has 1 amide bonds. The van der Waals surface area contributed by atoms with Gasteiger partial charge in [-0.05, 0) is 30.7 Å². The van der Waals surface area contributed by atoms with Crippen molar-refractivity contribution in [2.75, 3.05) is 36.4 Å². The zero-order valence-corrected chi connectivity index (χ0v) is 21.4. The van der Waals surface area contributed by atoms with Crippen LogP contribution in [0.3, 0.4) is 0 Å². The van der Waals surface area contributed by atoms with Crippen LogP contribution in [-0.4, -0.2) is 62.7 Å². The van der Waals surface area contributed by atoms with Crippen LogP contribution in [0.5, 0.6) is 5.75 Å². The van der Waals surface area contributed by atoms with E-state index in [9.17, 15) is 30.8 Å². The van der Waals surface area contributed by atoms with E-state index in [2.05, 4.69) is 14.4 Å². The number of rotatable bonds is 6. The highest BCUT2D eigenvalue weighted by molar-refractivity contribution is 7.90. The lowest BCUT2D eigenvalue weighted by atomic mass is 9.97. The molecule has 2 aromatic carbocycles. The number of nitrogens with zero attached hydrogens (tertiary/aromatic N) is 3. The third-order valence-corrected chi connectivity index (χ3v) is 8.11. The van der Waals surface area contributed by atoms with Crippen LogP contribution in [0, 0.1) is 11.6 Å². The smallest absolute Gasteiger partial charge is 0.416 e. The average Bonchev–Trinajstić information content (AvgIpc) is 3.40. The summed E-state index contributed by atoms with van der Waals surface area (Å²) in [6.45, 7) is -0.652. The minimum absolute atomic E-state index is 0. The summed E-state index contributed by atoms with van der Waals surface area (Å²) >= 11 is 0. The molecular formula is C24H23F5N4O6S. The van der Waals surface area contributed by atoms with Crippen molar-refractivity contribution in [2.24, 2.45) is 0 Å². The van der Waals surface area contributed by atoms with Gasteiger partial charge in [0, 0.05) is 37.8 Å². The summed E-state index contributed by atoms with van der Waals surface area (Å²) in [4.78, 5) is 14.2. The number of halogens is 5. The first-order valence-corrected chi connectivity index (χ1v) is 13.2. The Hall–Kier alpha value is -3.76. The zero-order chi connectivity index (χ0) is 28.8. The van der Waals surface area contributed by atoms with Crippen LogP contribution < -0.4 is 14.4 Å².